The Morgan fingerprint density at radius 1 is 0.769 bits per heavy atom. The van der Waals surface area contributed by atoms with Crippen molar-refractivity contribution in [3.63, 3.8) is 0 Å². The van der Waals surface area contributed by atoms with E-state index in [9.17, 15) is 4.79 Å². The summed E-state index contributed by atoms with van der Waals surface area (Å²) in [6, 6.07) is 0. The Bertz CT molecular complexity index is 284. The summed E-state index contributed by atoms with van der Waals surface area (Å²) in [7, 11) is 0. The number of ether oxygens (including phenoxy) is 1. The zero-order chi connectivity index (χ0) is 22.1. The van der Waals surface area contributed by atoms with Gasteiger partial charge in [-0.25, -0.2) is 0 Å². The molecule has 0 radical (unpaired) electrons. The van der Waals surface area contributed by atoms with E-state index >= 15 is 0 Å². The van der Waals surface area contributed by atoms with Crippen LogP contribution in [0.15, 0.2) is 0 Å². The first-order valence-corrected chi connectivity index (χ1v) is 7.17. The lowest BCUT2D eigenvalue weighted by Crippen LogP contribution is -2.20. The van der Waals surface area contributed by atoms with Gasteiger partial charge in [0.05, 0.1) is 19.8 Å². The van der Waals surface area contributed by atoms with Crippen LogP contribution < -0.4 is 0 Å². The maximum absolute atomic E-state index is 10.0. The summed E-state index contributed by atoms with van der Waals surface area (Å²) < 4.78 is 4.35. The average Bonchev–Trinajstić information content (AvgIpc) is 2.52. The zero-order valence-corrected chi connectivity index (χ0v) is 15.4. The fourth-order valence-electron chi connectivity index (χ4n) is 0.324. The van der Waals surface area contributed by atoms with E-state index in [0.29, 0.717) is 0 Å². The van der Waals surface area contributed by atoms with E-state index in [-0.39, 0.29) is 33.0 Å². The minimum atomic E-state index is -0.954. The van der Waals surface area contributed by atoms with E-state index in [2.05, 4.69) is 4.74 Å². The third-order valence-corrected chi connectivity index (χ3v) is 1.11. The summed E-state index contributed by atoms with van der Waals surface area (Å²) in [5, 5.41) is 63.2. The van der Waals surface area contributed by atoms with Crippen molar-refractivity contribution in [3.8, 4) is 0 Å². The monoisotopic (exact) mass is 392 g/mol. The highest BCUT2D eigenvalue weighted by atomic mass is 16.5. The smallest absolute Gasteiger partial charge is 0.302 e. The van der Waals surface area contributed by atoms with Gasteiger partial charge in [0.25, 0.3) is 11.9 Å². The molecule has 0 amide bonds. The van der Waals surface area contributed by atoms with Crippen LogP contribution in [0.2, 0.25) is 0 Å². The first-order chi connectivity index (χ1) is 11.9. The molecule has 0 aliphatic rings. The highest BCUT2D eigenvalue weighted by Crippen LogP contribution is 1.83. The summed E-state index contributed by atoms with van der Waals surface area (Å²) in [4.78, 5) is 28.0. The van der Waals surface area contributed by atoms with Gasteiger partial charge in [-0.1, -0.05) is 0 Å². The third-order valence-electron chi connectivity index (χ3n) is 1.11. The second-order valence-electron chi connectivity index (χ2n) is 4.01. The molecule has 0 rings (SSSR count). The average molecular weight is 392 g/mol. The fraction of sp³-hybridized carbons (Fsp3) is 0.786. The molecule has 0 saturated carbocycles. The van der Waals surface area contributed by atoms with E-state index in [4.69, 9.17) is 50.4 Å². The number of carbonyl (C=O) groups excluding carboxylic acids is 1. The minimum absolute atomic E-state index is 0.133. The highest BCUT2D eigenvalue weighted by molar-refractivity contribution is 5.65. The summed E-state index contributed by atoms with van der Waals surface area (Å²) >= 11 is 0. The summed E-state index contributed by atoms with van der Waals surface area (Å²) in [5.74, 6) is -2.12. The van der Waals surface area contributed by atoms with Crippen LogP contribution in [0.25, 0.3) is 0 Å². The van der Waals surface area contributed by atoms with Crippen molar-refractivity contribution in [2.75, 3.05) is 33.0 Å². The van der Waals surface area contributed by atoms with Gasteiger partial charge in [0.15, 0.2) is 0 Å². The van der Waals surface area contributed by atoms with Crippen LogP contribution in [0.4, 0.5) is 0 Å². The van der Waals surface area contributed by atoms with E-state index in [0.717, 1.165) is 13.8 Å². The number of aliphatic carboxylic acids is 2. The van der Waals surface area contributed by atoms with Gasteiger partial charge in [-0.2, -0.15) is 0 Å². The molecule has 8 N–H and O–H groups in total. The molecule has 0 aromatic carbocycles. The van der Waals surface area contributed by atoms with E-state index in [1.165, 1.54) is 6.92 Å². The number of rotatable bonds is 5. The first-order valence-electron chi connectivity index (χ1n) is 7.17. The van der Waals surface area contributed by atoms with Gasteiger partial charge in [-0.3, -0.25) is 14.4 Å². The van der Waals surface area contributed by atoms with Crippen molar-refractivity contribution >= 4 is 17.9 Å². The maximum atomic E-state index is 10.0. The predicted molar refractivity (Wildman–Crippen MR) is 89.3 cm³/mol. The minimum Gasteiger partial charge on any atom is -0.481 e. The molecule has 160 valence electrons. The predicted octanol–water partition coefficient (Wildman–Crippen LogP) is -2.58. The fourth-order valence-corrected chi connectivity index (χ4v) is 0.324. The number of carbonyl (C=O) groups is 3. The molecular formula is C14H32O12. The first kappa shape index (κ1) is 35.3. The van der Waals surface area contributed by atoms with Gasteiger partial charge in [0.2, 0.25) is 0 Å². The number of hydrogen-bond donors (Lipinski definition) is 8. The van der Waals surface area contributed by atoms with Gasteiger partial charge in [0, 0.05) is 27.4 Å². The van der Waals surface area contributed by atoms with E-state index < -0.39 is 30.1 Å². The largest absolute Gasteiger partial charge is 0.481 e. The lowest BCUT2D eigenvalue weighted by molar-refractivity contribution is -0.144. The summed E-state index contributed by atoms with van der Waals surface area (Å²) in [5.41, 5.74) is 0. The topological polar surface area (TPSA) is 222 Å². The van der Waals surface area contributed by atoms with Crippen LogP contribution in [0.3, 0.4) is 0 Å². The number of aliphatic hydroxyl groups is 6. The van der Waals surface area contributed by atoms with Gasteiger partial charge in [-0.05, 0) is 6.92 Å². The molecule has 12 heteroatoms. The lowest BCUT2D eigenvalue weighted by atomic mass is 10.4. The molecular weight excluding hydrogens is 360 g/mol. The van der Waals surface area contributed by atoms with Crippen LogP contribution in [0, 0.1) is 0 Å². The SMILES string of the molecule is CC(=O)O.CC(=O)O.CC(=O)OCC(O)CO.CCO.OCC(O)CO. The van der Waals surface area contributed by atoms with E-state index in [1.807, 2.05) is 0 Å². The zero-order valence-electron chi connectivity index (χ0n) is 15.4. The van der Waals surface area contributed by atoms with Crippen LogP contribution in [-0.4, -0.2) is 104 Å². The summed E-state index contributed by atoms with van der Waals surface area (Å²) in [6.07, 6.45) is -1.90. The second-order valence-corrected chi connectivity index (χ2v) is 4.01. The molecule has 0 aromatic heterocycles. The Hall–Kier alpha value is -1.83. The Balaban J connectivity index is -0.0000000756. The highest BCUT2D eigenvalue weighted by Gasteiger charge is 2.02. The third kappa shape index (κ3) is 118. The van der Waals surface area contributed by atoms with Crippen molar-refractivity contribution in [1.82, 2.24) is 0 Å². The van der Waals surface area contributed by atoms with Crippen LogP contribution in [0.5, 0.6) is 0 Å². The Morgan fingerprint density at radius 2 is 1.00 bits per heavy atom. The Labute approximate surface area is 151 Å². The van der Waals surface area contributed by atoms with Gasteiger partial charge >= 0.3 is 5.97 Å². The Kier molecular flexibility index (Phi) is 42.1. The quantitative estimate of drug-likeness (QED) is 0.226. The van der Waals surface area contributed by atoms with Crippen molar-refractivity contribution in [3.05, 3.63) is 0 Å². The molecule has 0 saturated heterocycles. The standard InChI is InChI=1S/C5H10O4.C3H8O3.2C2H4O2.C2H6O/c1-4(7)9-3-5(8)2-6;4-1-3(6)2-5;2*1-2(3)4;1-2-3/h5-6,8H,2-3H2,1H3;3-6H,1-2H2;2*1H3,(H,3,4);3H,2H2,1H3. The molecule has 0 spiro atoms. The molecule has 0 aliphatic carbocycles. The number of carboxylic acid groups (broad SMARTS) is 2. The molecule has 26 heavy (non-hydrogen) atoms. The van der Waals surface area contributed by atoms with Gasteiger partial charge in [-0.15, -0.1) is 0 Å². The number of esters is 1. The van der Waals surface area contributed by atoms with Crippen molar-refractivity contribution in [2.24, 2.45) is 0 Å². The number of aliphatic hydroxyl groups excluding tert-OH is 6. The maximum Gasteiger partial charge on any atom is 0.302 e. The van der Waals surface area contributed by atoms with Crippen LogP contribution in [0.1, 0.15) is 27.7 Å². The van der Waals surface area contributed by atoms with Crippen LogP contribution in [-0.2, 0) is 19.1 Å². The lowest BCUT2D eigenvalue weighted by Gasteiger charge is -2.05. The van der Waals surface area contributed by atoms with E-state index in [1.54, 1.807) is 6.92 Å². The molecule has 0 aliphatic heterocycles. The molecule has 0 bridgehead atoms. The molecule has 12 nitrogen and oxygen atoms in total. The van der Waals surface area contributed by atoms with Gasteiger partial charge in [0.1, 0.15) is 18.8 Å². The van der Waals surface area contributed by atoms with Gasteiger partial charge < -0.3 is 45.6 Å². The second kappa shape index (κ2) is 31.0. The van der Waals surface area contributed by atoms with Crippen LogP contribution >= 0.6 is 0 Å². The number of carboxylic acids is 2. The molecule has 0 aromatic rings. The molecule has 0 heterocycles. The normalized spacial score (nSPS) is 9.35. The molecule has 1 atom stereocenters. The van der Waals surface area contributed by atoms with Crippen molar-refractivity contribution in [1.29, 1.82) is 0 Å². The van der Waals surface area contributed by atoms with Crippen molar-refractivity contribution in [2.45, 2.75) is 39.9 Å². The van der Waals surface area contributed by atoms with Crippen molar-refractivity contribution < 1.29 is 60.0 Å². The summed E-state index contributed by atoms with van der Waals surface area (Å²) in [6.45, 7) is 4.09. The Morgan fingerprint density at radius 3 is 1.12 bits per heavy atom. The molecule has 1 unspecified atom stereocenters. The number of hydrogen-bond acceptors (Lipinski definition) is 10. The molecule has 0 fully saturated rings.